The molecule has 0 unspecified atom stereocenters. The number of halogens is 1. The van der Waals surface area contributed by atoms with Crippen LogP contribution in [0.15, 0.2) is 56.8 Å². The van der Waals surface area contributed by atoms with Gasteiger partial charge < -0.3 is 4.57 Å². The highest BCUT2D eigenvalue weighted by molar-refractivity contribution is 9.10. The van der Waals surface area contributed by atoms with E-state index in [0.717, 1.165) is 45.3 Å². The van der Waals surface area contributed by atoms with Crippen molar-refractivity contribution in [2.45, 2.75) is 64.8 Å². The SMILES string of the molecule is Cc1c(C=Nn2c(C3CCCCC3)nc3ccc(Br)cc3c2=O)c2ccccc2n1C(C)C. The van der Waals surface area contributed by atoms with Gasteiger partial charge in [-0.1, -0.05) is 53.4 Å². The number of nitrogens with zero attached hydrogens (tertiary/aromatic N) is 4. The third-order valence-corrected chi connectivity index (χ3v) is 7.32. The van der Waals surface area contributed by atoms with Gasteiger partial charge in [0, 0.05) is 38.6 Å². The Balaban J connectivity index is 1.71. The molecule has 0 spiro atoms. The molecule has 2 aromatic heterocycles. The summed E-state index contributed by atoms with van der Waals surface area (Å²) in [6.45, 7) is 6.51. The molecular formula is C27H29BrN4O. The second-order valence-electron chi connectivity index (χ2n) is 9.31. The number of benzene rings is 2. The maximum absolute atomic E-state index is 13.6. The van der Waals surface area contributed by atoms with Crippen molar-refractivity contribution >= 4 is 44.0 Å². The van der Waals surface area contributed by atoms with Crippen LogP contribution in [-0.4, -0.2) is 20.4 Å². The first-order valence-corrected chi connectivity index (χ1v) is 12.6. The van der Waals surface area contributed by atoms with Crippen LogP contribution in [0.1, 0.15) is 75.0 Å². The maximum Gasteiger partial charge on any atom is 0.282 e. The first-order valence-electron chi connectivity index (χ1n) is 11.8. The summed E-state index contributed by atoms with van der Waals surface area (Å²) in [6, 6.07) is 14.4. The minimum Gasteiger partial charge on any atom is -0.342 e. The molecule has 5 rings (SSSR count). The average Bonchev–Trinajstić information content (AvgIpc) is 3.10. The molecule has 33 heavy (non-hydrogen) atoms. The van der Waals surface area contributed by atoms with Crippen molar-refractivity contribution in [2.24, 2.45) is 5.10 Å². The standard InChI is InChI=1S/C27H29BrN4O/c1-17(2)31-18(3)23(21-11-7-8-12-25(21)31)16-29-32-26(19-9-5-4-6-10-19)30-24-14-13-20(28)15-22(24)27(32)33/h7-8,11-17,19H,4-6,9-10H2,1-3H3. The van der Waals surface area contributed by atoms with Crippen molar-refractivity contribution < 1.29 is 0 Å². The fraction of sp³-hybridized carbons (Fsp3) is 0.370. The first-order chi connectivity index (χ1) is 16.0. The van der Waals surface area contributed by atoms with Gasteiger partial charge in [-0.15, -0.1) is 0 Å². The van der Waals surface area contributed by atoms with Gasteiger partial charge in [0.25, 0.3) is 5.56 Å². The fourth-order valence-corrected chi connectivity index (χ4v) is 5.62. The van der Waals surface area contributed by atoms with Gasteiger partial charge in [0.2, 0.25) is 0 Å². The van der Waals surface area contributed by atoms with Gasteiger partial charge in [0.05, 0.1) is 17.1 Å². The number of fused-ring (bicyclic) bond motifs is 2. The third kappa shape index (κ3) is 3.95. The Hall–Kier alpha value is -2.73. The summed E-state index contributed by atoms with van der Waals surface area (Å²) in [5.41, 5.74) is 4.02. The molecule has 0 bridgehead atoms. The topological polar surface area (TPSA) is 52.2 Å². The molecule has 4 aromatic rings. The fourth-order valence-electron chi connectivity index (χ4n) is 5.26. The van der Waals surface area contributed by atoms with Crippen LogP contribution in [0.3, 0.4) is 0 Å². The Morgan fingerprint density at radius 1 is 1.09 bits per heavy atom. The molecule has 1 aliphatic rings. The highest BCUT2D eigenvalue weighted by Crippen LogP contribution is 2.32. The van der Waals surface area contributed by atoms with Crippen LogP contribution in [0.5, 0.6) is 0 Å². The van der Waals surface area contributed by atoms with E-state index in [1.54, 1.807) is 4.68 Å². The van der Waals surface area contributed by atoms with E-state index in [0.29, 0.717) is 11.4 Å². The summed E-state index contributed by atoms with van der Waals surface area (Å²) in [5.74, 6) is 1.05. The van der Waals surface area contributed by atoms with Crippen LogP contribution in [0, 0.1) is 6.92 Å². The van der Waals surface area contributed by atoms with Gasteiger partial charge in [-0.25, -0.2) is 4.98 Å². The summed E-state index contributed by atoms with van der Waals surface area (Å²) < 4.78 is 4.76. The van der Waals surface area contributed by atoms with Crippen molar-refractivity contribution in [1.82, 2.24) is 14.2 Å². The van der Waals surface area contributed by atoms with E-state index >= 15 is 0 Å². The summed E-state index contributed by atoms with van der Waals surface area (Å²) in [7, 11) is 0. The molecule has 2 aromatic carbocycles. The molecule has 0 aliphatic heterocycles. The molecule has 0 N–H and O–H groups in total. The van der Waals surface area contributed by atoms with E-state index in [2.05, 4.69) is 65.5 Å². The molecule has 1 aliphatic carbocycles. The Labute approximate surface area is 202 Å². The van der Waals surface area contributed by atoms with E-state index in [9.17, 15) is 4.79 Å². The molecule has 5 nitrogen and oxygen atoms in total. The monoisotopic (exact) mass is 504 g/mol. The highest BCUT2D eigenvalue weighted by atomic mass is 79.9. The van der Waals surface area contributed by atoms with Crippen molar-refractivity contribution in [1.29, 1.82) is 0 Å². The van der Waals surface area contributed by atoms with E-state index in [4.69, 9.17) is 10.1 Å². The van der Waals surface area contributed by atoms with Crippen LogP contribution in [0.2, 0.25) is 0 Å². The van der Waals surface area contributed by atoms with E-state index < -0.39 is 0 Å². The lowest BCUT2D eigenvalue weighted by Crippen LogP contribution is -2.25. The van der Waals surface area contributed by atoms with E-state index in [1.807, 2.05) is 24.4 Å². The van der Waals surface area contributed by atoms with Crippen molar-refractivity contribution in [3.05, 3.63) is 74.4 Å². The molecule has 170 valence electrons. The van der Waals surface area contributed by atoms with Crippen molar-refractivity contribution in [3.8, 4) is 0 Å². The van der Waals surface area contributed by atoms with Gasteiger partial charge in [-0.3, -0.25) is 4.79 Å². The molecule has 6 heteroatoms. The van der Waals surface area contributed by atoms with E-state index in [1.165, 1.54) is 24.8 Å². The minimum atomic E-state index is -0.108. The number of rotatable bonds is 4. The molecule has 0 radical (unpaired) electrons. The number of hydrogen-bond acceptors (Lipinski definition) is 3. The predicted molar refractivity (Wildman–Crippen MR) is 140 cm³/mol. The highest BCUT2D eigenvalue weighted by Gasteiger charge is 2.23. The van der Waals surface area contributed by atoms with Crippen LogP contribution in [0.4, 0.5) is 0 Å². The lowest BCUT2D eigenvalue weighted by atomic mass is 9.88. The van der Waals surface area contributed by atoms with Crippen LogP contribution in [-0.2, 0) is 0 Å². The minimum absolute atomic E-state index is 0.108. The Morgan fingerprint density at radius 3 is 2.61 bits per heavy atom. The van der Waals surface area contributed by atoms with Crippen molar-refractivity contribution in [3.63, 3.8) is 0 Å². The Morgan fingerprint density at radius 2 is 1.85 bits per heavy atom. The Kier molecular flexibility index (Phi) is 5.95. The van der Waals surface area contributed by atoms with Gasteiger partial charge >= 0.3 is 0 Å². The molecule has 0 saturated heterocycles. The number of para-hydroxylation sites is 1. The molecular weight excluding hydrogens is 476 g/mol. The van der Waals surface area contributed by atoms with Crippen LogP contribution >= 0.6 is 15.9 Å². The van der Waals surface area contributed by atoms with Crippen molar-refractivity contribution in [2.75, 3.05) is 0 Å². The zero-order valence-electron chi connectivity index (χ0n) is 19.4. The van der Waals surface area contributed by atoms with Crippen LogP contribution < -0.4 is 5.56 Å². The van der Waals surface area contributed by atoms with Gasteiger partial charge in [0.1, 0.15) is 5.82 Å². The van der Waals surface area contributed by atoms with Gasteiger partial charge in [0.15, 0.2) is 0 Å². The average molecular weight is 505 g/mol. The number of hydrogen-bond donors (Lipinski definition) is 0. The lowest BCUT2D eigenvalue weighted by molar-refractivity contribution is 0.416. The summed E-state index contributed by atoms with van der Waals surface area (Å²) in [6.07, 6.45) is 7.55. The number of aromatic nitrogens is 3. The van der Waals surface area contributed by atoms with Gasteiger partial charge in [-0.05, 0) is 57.9 Å². The third-order valence-electron chi connectivity index (χ3n) is 6.83. The predicted octanol–water partition coefficient (Wildman–Crippen LogP) is 6.93. The molecule has 0 amide bonds. The second-order valence-corrected chi connectivity index (χ2v) is 10.2. The molecule has 0 atom stereocenters. The lowest BCUT2D eigenvalue weighted by Gasteiger charge is -2.22. The first kappa shape index (κ1) is 22.1. The zero-order chi connectivity index (χ0) is 23.1. The molecule has 1 saturated carbocycles. The quantitative estimate of drug-likeness (QED) is 0.282. The summed E-state index contributed by atoms with van der Waals surface area (Å²) in [5, 5.41) is 6.54. The van der Waals surface area contributed by atoms with Crippen LogP contribution in [0.25, 0.3) is 21.8 Å². The smallest absolute Gasteiger partial charge is 0.282 e. The Bertz CT molecular complexity index is 1420. The summed E-state index contributed by atoms with van der Waals surface area (Å²) >= 11 is 3.50. The molecule has 2 heterocycles. The summed E-state index contributed by atoms with van der Waals surface area (Å²) in [4.78, 5) is 18.6. The largest absolute Gasteiger partial charge is 0.342 e. The molecule has 1 fully saturated rings. The van der Waals surface area contributed by atoms with E-state index in [-0.39, 0.29) is 11.5 Å². The maximum atomic E-state index is 13.6. The zero-order valence-corrected chi connectivity index (χ0v) is 21.0. The normalized spacial score (nSPS) is 15.4. The second kappa shape index (κ2) is 8.90. The van der Waals surface area contributed by atoms with Gasteiger partial charge in [-0.2, -0.15) is 9.78 Å².